The molecule has 158 valence electrons. The molecule has 0 aromatic heterocycles. The minimum Gasteiger partial charge on any atom is -0.496 e. The molecule has 0 spiro atoms. The number of fused-ring (bicyclic) bond motifs is 1. The summed E-state index contributed by atoms with van der Waals surface area (Å²) in [7, 11) is 4.88. The number of methoxy groups -OCH3 is 1. The van der Waals surface area contributed by atoms with Gasteiger partial charge in [0.1, 0.15) is 5.75 Å². The molecule has 0 radical (unpaired) electrons. The lowest BCUT2D eigenvalue weighted by molar-refractivity contribution is -0.138. The van der Waals surface area contributed by atoms with E-state index in [1.54, 1.807) is 50.4 Å². The predicted octanol–water partition coefficient (Wildman–Crippen LogP) is 2.07. The van der Waals surface area contributed by atoms with Gasteiger partial charge in [0.05, 0.1) is 19.3 Å². The van der Waals surface area contributed by atoms with Crippen LogP contribution in [0.25, 0.3) is 0 Å². The maximum atomic E-state index is 13.7. The van der Waals surface area contributed by atoms with Gasteiger partial charge >= 0.3 is 0 Å². The van der Waals surface area contributed by atoms with Gasteiger partial charge in [-0.25, -0.2) is 0 Å². The summed E-state index contributed by atoms with van der Waals surface area (Å²) in [4.78, 5) is 30.0. The number of ether oxygens (including phenoxy) is 1. The van der Waals surface area contributed by atoms with Crippen LogP contribution in [0.15, 0.2) is 42.5 Å². The summed E-state index contributed by atoms with van der Waals surface area (Å²) >= 11 is 6.33. The number of anilines is 1. The molecule has 2 N–H and O–H groups in total. The quantitative estimate of drug-likeness (QED) is 0.777. The molecule has 1 unspecified atom stereocenters. The number of nitrogens with one attached hydrogen (secondary N) is 1. The number of halogens is 1. The van der Waals surface area contributed by atoms with E-state index in [1.807, 2.05) is 18.2 Å². The van der Waals surface area contributed by atoms with E-state index in [0.717, 1.165) is 0 Å². The zero-order valence-electron chi connectivity index (χ0n) is 17.1. The topological polar surface area (TPSA) is 82.1 Å². The number of β-amino-alcohol motifs (C(OH)–C–C–N with tert-alkyl or cyclic N) is 1. The first-order valence-corrected chi connectivity index (χ1v) is 10.1. The summed E-state index contributed by atoms with van der Waals surface area (Å²) in [5.41, 5.74) is 0.472. The van der Waals surface area contributed by atoms with Gasteiger partial charge in [-0.05, 0) is 30.7 Å². The van der Waals surface area contributed by atoms with E-state index in [9.17, 15) is 14.7 Å². The molecule has 8 heteroatoms. The molecular weight excluding hydrogens is 406 g/mol. The Balaban J connectivity index is 2.03. The number of aliphatic hydroxyl groups is 1. The van der Waals surface area contributed by atoms with Crippen molar-refractivity contribution in [3.05, 3.63) is 58.6 Å². The molecule has 2 aromatic rings. The number of benzene rings is 2. The van der Waals surface area contributed by atoms with Crippen LogP contribution in [-0.2, 0) is 15.1 Å². The van der Waals surface area contributed by atoms with E-state index in [1.165, 1.54) is 4.90 Å². The van der Waals surface area contributed by atoms with Gasteiger partial charge in [0.2, 0.25) is 5.91 Å². The second-order valence-corrected chi connectivity index (χ2v) is 8.28. The first-order valence-electron chi connectivity index (χ1n) is 9.71. The third-order valence-corrected chi connectivity index (χ3v) is 6.12. The number of aliphatic hydroxyl groups excluding tert-OH is 1. The molecule has 1 fully saturated rings. The van der Waals surface area contributed by atoms with Crippen LogP contribution in [0.5, 0.6) is 5.75 Å². The van der Waals surface area contributed by atoms with E-state index in [-0.39, 0.29) is 24.8 Å². The summed E-state index contributed by atoms with van der Waals surface area (Å²) in [5, 5.41) is 14.0. The standard InChI is InChI=1S/C22H24ClN3O4/c1-25(2)20(28)18-11-14(27)12-26(18)22(15-6-4-5-7-19(15)30-3)16-10-13(23)8-9-17(16)24-21(22)29/h4-10,14,18,27H,11-12H2,1-3H3,(H,24,29)/t14-,18-,22?/m0/s1. The number of rotatable bonds is 4. The molecule has 0 aliphatic carbocycles. The van der Waals surface area contributed by atoms with E-state index in [4.69, 9.17) is 16.3 Å². The van der Waals surface area contributed by atoms with E-state index < -0.39 is 17.7 Å². The van der Waals surface area contributed by atoms with Crippen LogP contribution in [0.2, 0.25) is 5.02 Å². The number of likely N-dealkylation sites (tertiary alicyclic amines) is 1. The molecule has 0 saturated carbocycles. The summed E-state index contributed by atoms with van der Waals surface area (Å²) in [6.07, 6.45) is -0.515. The summed E-state index contributed by atoms with van der Waals surface area (Å²) < 4.78 is 5.61. The minimum atomic E-state index is -1.37. The zero-order chi connectivity index (χ0) is 21.6. The Morgan fingerprint density at radius 3 is 2.70 bits per heavy atom. The van der Waals surface area contributed by atoms with Crippen LogP contribution in [0.3, 0.4) is 0 Å². The lowest BCUT2D eigenvalue weighted by Gasteiger charge is -2.41. The van der Waals surface area contributed by atoms with E-state index in [0.29, 0.717) is 27.6 Å². The van der Waals surface area contributed by atoms with Crippen LogP contribution >= 0.6 is 11.6 Å². The lowest BCUT2D eigenvalue weighted by atomic mass is 9.80. The fourth-order valence-corrected chi connectivity index (χ4v) is 4.80. The molecule has 4 rings (SSSR count). The summed E-state index contributed by atoms with van der Waals surface area (Å²) in [6.45, 7) is 0.154. The molecule has 2 aromatic carbocycles. The Morgan fingerprint density at radius 1 is 1.27 bits per heavy atom. The van der Waals surface area contributed by atoms with Crippen LogP contribution in [-0.4, -0.2) is 66.6 Å². The molecule has 7 nitrogen and oxygen atoms in total. The number of para-hydroxylation sites is 1. The van der Waals surface area contributed by atoms with Crippen molar-refractivity contribution in [1.29, 1.82) is 0 Å². The number of carbonyl (C=O) groups is 2. The van der Waals surface area contributed by atoms with Crippen molar-refractivity contribution in [3.8, 4) is 5.75 Å². The van der Waals surface area contributed by atoms with Crippen LogP contribution < -0.4 is 10.1 Å². The van der Waals surface area contributed by atoms with Crippen molar-refractivity contribution < 1.29 is 19.4 Å². The van der Waals surface area contributed by atoms with Gasteiger partial charge in [-0.2, -0.15) is 0 Å². The van der Waals surface area contributed by atoms with Crippen molar-refractivity contribution in [3.63, 3.8) is 0 Å². The highest BCUT2D eigenvalue weighted by molar-refractivity contribution is 6.31. The highest BCUT2D eigenvalue weighted by Crippen LogP contribution is 2.51. The smallest absolute Gasteiger partial charge is 0.254 e. The van der Waals surface area contributed by atoms with Gasteiger partial charge in [0.15, 0.2) is 5.54 Å². The van der Waals surface area contributed by atoms with E-state index >= 15 is 0 Å². The van der Waals surface area contributed by atoms with Crippen LogP contribution in [0.4, 0.5) is 5.69 Å². The average molecular weight is 430 g/mol. The van der Waals surface area contributed by atoms with Crippen molar-refractivity contribution >= 4 is 29.1 Å². The van der Waals surface area contributed by atoms with Crippen molar-refractivity contribution in [1.82, 2.24) is 9.80 Å². The first kappa shape index (κ1) is 20.7. The zero-order valence-corrected chi connectivity index (χ0v) is 17.8. The molecule has 2 aliphatic rings. The van der Waals surface area contributed by atoms with Crippen molar-refractivity contribution in [2.45, 2.75) is 24.1 Å². The fraction of sp³-hybridized carbons (Fsp3) is 0.364. The van der Waals surface area contributed by atoms with Crippen molar-refractivity contribution in [2.24, 2.45) is 0 Å². The molecular formula is C22H24ClN3O4. The SMILES string of the molecule is COc1ccccc1C1(N2C[C@@H](O)C[C@H]2C(=O)N(C)C)C(=O)Nc2ccc(Cl)cc21. The maximum absolute atomic E-state index is 13.7. The molecule has 30 heavy (non-hydrogen) atoms. The third-order valence-electron chi connectivity index (χ3n) is 5.88. The highest BCUT2D eigenvalue weighted by Gasteiger charge is 2.59. The van der Waals surface area contributed by atoms with Gasteiger partial charge in [0, 0.05) is 42.5 Å². The molecule has 1 saturated heterocycles. The number of hydrogen-bond donors (Lipinski definition) is 2. The summed E-state index contributed by atoms with van der Waals surface area (Å²) in [6, 6.07) is 11.8. The number of hydrogen-bond acceptors (Lipinski definition) is 5. The largest absolute Gasteiger partial charge is 0.496 e. The van der Waals surface area contributed by atoms with Gasteiger partial charge in [0.25, 0.3) is 5.91 Å². The molecule has 2 amide bonds. The van der Waals surface area contributed by atoms with Gasteiger partial charge < -0.3 is 20.1 Å². The third kappa shape index (κ3) is 2.96. The Labute approximate surface area is 180 Å². The van der Waals surface area contributed by atoms with Crippen molar-refractivity contribution in [2.75, 3.05) is 33.1 Å². The molecule has 2 heterocycles. The van der Waals surface area contributed by atoms with E-state index in [2.05, 4.69) is 5.32 Å². The normalized spacial score (nSPS) is 25.7. The average Bonchev–Trinajstić information content (AvgIpc) is 3.24. The second-order valence-electron chi connectivity index (χ2n) is 7.85. The number of likely N-dealkylation sites (N-methyl/N-ethyl adjacent to an activating group) is 1. The van der Waals surface area contributed by atoms with Gasteiger partial charge in [-0.15, -0.1) is 0 Å². The van der Waals surface area contributed by atoms with Crippen LogP contribution in [0, 0.1) is 0 Å². The van der Waals surface area contributed by atoms with Gasteiger partial charge in [-0.3, -0.25) is 14.5 Å². The monoisotopic (exact) mass is 429 g/mol. The first-order chi connectivity index (χ1) is 14.3. The molecule has 2 aliphatic heterocycles. The predicted molar refractivity (Wildman–Crippen MR) is 114 cm³/mol. The Hall–Kier alpha value is -2.61. The Morgan fingerprint density at radius 2 is 2.00 bits per heavy atom. The lowest BCUT2D eigenvalue weighted by Crippen LogP contribution is -2.57. The number of carbonyl (C=O) groups excluding carboxylic acids is 2. The second kappa shape index (κ2) is 7.58. The maximum Gasteiger partial charge on any atom is 0.254 e. The fourth-order valence-electron chi connectivity index (χ4n) is 4.63. The number of nitrogens with zero attached hydrogens (tertiary/aromatic N) is 2. The molecule has 0 bridgehead atoms. The van der Waals surface area contributed by atoms with Crippen LogP contribution in [0.1, 0.15) is 17.5 Å². The highest BCUT2D eigenvalue weighted by atomic mass is 35.5. The Bertz CT molecular complexity index is 1010. The summed E-state index contributed by atoms with van der Waals surface area (Å²) in [5.74, 6) is 0.0249. The minimum absolute atomic E-state index is 0.154. The van der Waals surface area contributed by atoms with Gasteiger partial charge in [-0.1, -0.05) is 29.8 Å². The number of amides is 2. The Kier molecular flexibility index (Phi) is 5.22. The molecule has 3 atom stereocenters.